The molecule has 4 rings (SSSR count). The van der Waals surface area contributed by atoms with Crippen LogP contribution in [-0.4, -0.2) is 46.5 Å². The topological polar surface area (TPSA) is 66.5 Å². The number of aromatic nitrogens is 2. The molecule has 1 N–H and O–H groups in total. The predicted octanol–water partition coefficient (Wildman–Crippen LogP) is 4.08. The van der Waals surface area contributed by atoms with E-state index in [-0.39, 0.29) is 11.4 Å². The number of furan rings is 1. The Balaban J connectivity index is 1.70. The molecule has 3 aromatic rings. The molecule has 1 amide bonds. The number of carbonyl (C=O) groups is 1. The molecule has 0 aliphatic carbocycles. The predicted molar refractivity (Wildman–Crippen MR) is 119 cm³/mol. The number of hydrogen-bond acceptors (Lipinski definition) is 5. The fourth-order valence-electron chi connectivity index (χ4n) is 3.66. The van der Waals surface area contributed by atoms with Gasteiger partial charge in [0.25, 0.3) is 5.91 Å². The quantitative estimate of drug-likeness (QED) is 0.706. The molecule has 0 fully saturated rings. The first-order valence-electron chi connectivity index (χ1n) is 10.2. The first-order valence-corrected chi connectivity index (χ1v) is 10.2. The smallest absolute Gasteiger partial charge is 0.290 e. The number of hydrogen-bond donors (Lipinski definition) is 1. The average molecular weight is 408 g/mol. The molecule has 158 valence electrons. The number of benzene rings is 1. The van der Waals surface area contributed by atoms with E-state index in [0.717, 1.165) is 28.6 Å². The number of anilines is 2. The summed E-state index contributed by atoms with van der Waals surface area (Å²) in [6.45, 7) is 8.17. The molecule has 7 nitrogen and oxygen atoms in total. The van der Waals surface area contributed by atoms with E-state index in [2.05, 4.69) is 59.8 Å². The monoisotopic (exact) mass is 407 g/mol. The van der Waals surface area contributed by atoms with E-state index in [4.69, 9.17) is 9.40 Å². The highest BCUT2D eigenvalue weighted by atomic mass is 16.3. The van der Waals surface area contributed by atoms with Crippen LogP contribution in [0, 0.1) is 0 Å². The van der Waals surface area contributed by atoms with Crippen LogP contribution in [0.2, 0.25) is 0 Å². The Labute approximate surface area is 177 Å². The van der Waals surface area contributed by atoms with Crippen molar-refractivity contribution in [1.29, 1.82) is 0 Å². The Morgan fingerprint density at radius 2 is 1.87 bits per heavy atom. The summed E-state index contributed by atoms with van der Waals surface area (Å²) < 4.78 is 7.50. The van der Waals surface area contributed by atoms with E-state index in [1.54, 1.807) is 17.0 Å². The van der Waals surface area contributed by atoms with Crippen LogP contribution >= 0.6 is 0 Å². The fourth-order valence-corrected chi connectivity index (χ4v) is 3.66. The summed E-state index contributed by atoms with van der Waals surface area (Å²) >= 11 is 0. The minimum atomic E-state index is -0.115. The number of imidazole rings is 1. The van der Waals surface area contributed by atoms with Gasteiger partial charge in [-0.25, -0.2) is 4.98 Å². The van der Waals surface area contributed by atoms with Crippen LogP contribution in [0.15, 0.2) is 47.1 Å². The van der Waals surface area contributed by atoms with Gasteiger partial charge >= 0.3 is 0 Å². The summed E-state index contributed by atoms with van der Waals surface area (Å²) in [6, 6.07) is 11.8. The molecule has 0 radical (unpaired) electrons. The van der Waals surface area contributed by atoms with E-state index in [1.165, 1.54) is 6.26 Å². The summed E-state index contributed by atoms with van der Waals surface area (Å²) in [6.07, 6.45) is 1.53. The summed E-state index contributed by atoms with van der Waals surface area (Å²) in [5.74, 6) is 2.14. The standard InChI is InChI=1S/C23H29N5O2/c1-23(2,3)25-21-20(16-8-10-17(11-9-16)26(4)5)24-19-15-27(12-13-28(19)21)22(29)18-7-6-14-30-18/h6-11,14,25H,12-13,15H2,1-5H3. The number of rotatable bonds is 4. The van der Waals surface area contributed by atoms with E-state index in [1.807, 2.05) is 14.1 Å². The maximum Gasteiger partial charge on any atom is 0.290 e. The first-order chi connectivity index (χ1) is 14.2. The Bertz CT molecular complexity index is 1030. The SMILES string of the molecule is CN(C)c1ccc(-c2nc3n(c2NC(C)(C)C)CCN(C(=O)c2ccco2)C3)cc1. The van der Waals surface area contributed by atoms with Crippen molar-refractivity contribution in [3.63, 3.8) is 0 Å². The van der Waals surface area contributed by atoms with Crippen molar-refractivity contribution >= 4 is 17.4 Å². The maximum absolute atomic E-state index is 12.7. The minimum Gasteiger partial charge on any atom is -0.459 e. The molecular weight excluding hydrogens is 378 g/mol. The molecule has 0 spiro atoms. The number of nitrogens with zero attached hydrogens (tertiary/aromatic N) is 4. The van der Waals surface area contributed by atoms with Gasteiger partial charge in [-0.3, -0.25) is 4.79 Å². The van der Waals surface area contributed by atoms with Gasteiger partial charge in [0.05, 0.1) is 12.8 Å². The Kier molecular flexibility index (Phi) is 5.05. The zero-order valence-electron chi connectivity index (χ0n) is 18.3. The van der Waals surface area contributed by atoms with Crippen LogP contribution in [0.1, 0.15) is 37.2 Å². The van der Waals surface area contributed by atoms with E-state index >= 15 is 0 Å². The molecule has 0 bridgehead atoms. The molecule has 0 saturated carbocycles. The summed E-state index contributed by atoms with van der Waals surface area (Å²) in [4.78, 5) is 21.6. The zero-order valence-corrected chi connectivity index (χ0v) is 18.3. The molecule has 0 atom stereocenters. The second-order valence-corrected chi connectivity index (χ2v) is 8.90. The van der Waals surface area contributed by atoms with Crippen molar-refractivity contribution in [3.05, 3.63) is 54.2 Å². The van der Waals surface area contributed by atoms with Crippen LogP contribution in [-0.2, 0) is 13.1 Å². The minimum absolute atomic E-state index is 0.100. The highest BCUT2D eigenvalue weighted by Gasteiger charge is 2.29. The van der Waals surface area contributed by atoms with Crippen molar-refractivity contribution < 1.29 is 9.21 Å². The third kappa shape index (κ3) is 3.92. The van der Waals surface area contributed by atoms with Gasteiger partial charge in [0, 0.05) is 44.0 Å². The number of carbonyl (C=O) groups excluding carboxylic acids is 1. The highest BCUT2D eigenvalue weighted by molar-refractivity contribution is 5.91. The normalized spacial score (nSPS) is 13.8. The van der Waals surface area contributed by atoms with Crippen molar-refractivity contribution in [2.75, 3.05) is 30.9 Å². The molecule has 1 aliphatic rings. The molecule has 30 heavy (non-hydrogen) atoms. The van der Waals surface area contributed by atoms with Crippen LogP contribution in [0.4, 0.5) is 11.5 Å². The van der Waals surface area contributed by atoms with Crippen LogP contribution in [0.5, 0.6) is 0 Å². The Morgan fingerprint density at radius 3 is 2.47 bits per heavy atom. The highest BCUT2D eigenvalue weighted by Crippen LogP contribution is 2.34. The van der Waals surface area contributed by atoms with Gasteiger partial charge in [-0.15, -0.1) is 0 Å². The van der Waals surface area contributed by atoms with Crippen molar-refractivity contribution in [2.24, 2.45) is 0 Å². The lowest BCUT2D eigenvalue weighted by Gasteiger charge is -2.30. The molecule has 1 aliphatic heterocycles. The average Bonchev–Trinajstić information content (AvgIpc) is 3.35. The van der Waals surface area contributed by atoms with Gasteiger partial charge in [-0.1, -0.05) is 12.1 Å². The summed E-state index contributed by atoms with van der Waals surface area (Å²) in [7, 11) is 4.06. The van der Waals surface area contributed by atoms with Crippen LogP contribution in [0.25, 0.3) is 11.3 Å². The second kappa shape index (κ2) is 7.55. The van der Waals surface area contributed by atoms with Crippen LogP contribution < -0.4 is 10.2 Å². The lowest BCUT2D eigenvalue weighted by atomic mass is 10.1. The lowest BCUT2D eigenvalue weighted by Crippen LogP contribution is -2.39. The molecule has 2 aromatic heterocycles. The molecular formula is C23H29N5O2. The Morgan fingerprint density at radius 1 is 1.13 bits per heavy atom. The van der Waals surface area contributed by atoms with Crippen molar-refractivity contribution in [1.82, 2.24) is 14.5 Å². The summed E-state index contributed by atoms with van der Waals surface area (Å²) in [5, 5.41) is 3.63. The largest absolute Gasteiger partial charge is 0.459 e. The second-order valence-electron chi connectivity index (χ2n) is 8.90. The molecule has 7 heteroatoms. The lowest BCUT2D eigenvalue weighted by molar-refractivity contribution is 0.0675. The van der Waals surface area contributed by atoms with Crippen LogP contribution in [0.3, 0.4) is 0 Å². The first kappa shape index (κ1) is 20.1. The molecule has 0 unspecified atom stereocenters. The van der Waals surface area contributed by atoms with Gasteiger partial charge in [0.1, 0.15) is 17.3 Å². The summed E-state index contributed by atoms with van der Waals surface area (Å²) in [5.41, 5.74) is 3.00. The number of fused-ring (bicyclic) bond motifs is 1. The molecule has 3 heterocycles. The number of nitrogens with one attached hydrogen (secondary N) is 1. The van der Waals surface area contributed by atoms with E-state index < -0.39 is 0 Å². The maximum atomic E-state index is 12.7. The van der Waals surface area contributed by atoms with Gasteiger partial charge in [0.15, 0.2) is 5.76 Å². The van der Waals surface area contributed by atoms with Gasteiger partial charge in [-0.2, -0.15) is 0 Å². The molecule has 1 aromatic carbocycles. The zero-order chi connectivity index (χ0) is 21.5. The molecule has 0 saturated heterocycles. The van der Waals surface area contributed by atoms with Crippen molar-refractivity contribution in [2.45, 2.75) is 39.4 Å². The van der Waals surface area contributed by atoms with E-state index in [9.17, 15) is 4.79 Å². The Hall–Kier alpha value is -3.22. The third-order valence-electron chi connectivity index (χ3n) is 5.14. The third-order valence-corrected chi connectivity index (χ3v) is 5.14. The van der Waals surface area contributed by atoms with Gasteiger partial charge in [0.2, 0.25) is 0 Å². The number of amides is 1. The van der Waals surface area contributed by atoms with Gasteiger partial charge < -0.3 is 24.1 Å². The fraction of sp³-hybridized carbons (Fsp3) is 0.391. The van der Waals surface area contributed by atoms with Crippen molar-refractivity contribution in [3.8, 4) is 11.3 Å². The van der Waals surface area contributed by atoms with Gasteiger partial charge in [-0.05, 0) is 45.0 Å². The van der Waals surface area contributed by atoms with E-state index in [0.29, 0.717) is 25.4 Å².